The Morgan fingerprint density at radius 2 is 1.83 bits per heavy atom. The van der Waals surface area contributed by atoms with Gasteiger partial charge in [-0.3, -0.25) is 0 Å². The molecule has 2 heterocycles. The highest BCUT2D eigenvalue weighted by Gasteiger charge is 2.37. The summed E-state index contributed by atoms with van der Waals surface area (Å²) in [6.45, 7) is 1.26. The zero-order valence-electron chi connectivity index (χ0n) is 13.5. The first-order valence-corrected chi connectivity index (χ1v) is 7.76. The molecule has 0 amide bonds. The molecule has 130 valence electrons. The number of hydrogen-bond acceptors (Lipinski definition) is 4. The monoisotopic (exact) mass is 340 g/mol. The largest absolute Gasteiger partial charge is 0.496 e. The zero-order valence-corrected chi connectivity index (χ0v) is 13.5. The van der Waals surface area contributed by atoms with E-state index < -0.39 is 12.0 Å². The standard InChI is InChI=1S/C16H19F3N4O/c1-22-15(20-14(21-22)16(17,18)19)23-9-7-11(8-10-23)12-5-3-4-6-13(12)24-2/h3-6,11H,7-10H2,1-2H3. The minimum Gasteiger partial charge on any atom is -0.496 e. The number of piperidine rings is 1. The minimum atomic E-state index is -4.52. The Balaban J connectivity index is 1.73. The average molecular weight is 340 g/mol. The summed E-state index contributed by atoms with van der Waals surface area (Å²) in [5, 5.41) is 3.48. The molecule has 1 aromatic heterocycles. The third-order valence-electron chi connectivity index (χ3n) is 4.35. The molecule has 24 heavy (non-hydrogen) atoms. The maximum Gasteiger partial charge on any atom is 0.453 e. The molecule has 1 aliphatic rings. The van der Waals surface area contributed by atoms with Crippen molar-refractivity contribution in [1.29, 1.82) is 0 Å². The molecule has 1 saturated heterocycles. The highest BCUT2D eigenvalue weighted by Crippen LogP contribution is 2.35. The molecule has 8 heteroatoms. The van der Waals surface area contributed by atoms with Crippen molar-refractivity contribution in [3.63, 3.8) is 0 Å². The number of methoxy groups -OCH3 is 1. The van der Waals surface area contributed by atoms with Crippen molar-refractivity contribution in [3.8, 4) is 5.75 Å². The molecule has 0 radical (unpaired) electrons. The number of para-hydroxylation sites is 1. The Hall–Kier alpha value is -2.25. The van der Waals surface area contributed by atoms with Gasteiger partial charge in [0.05, 0.1) is 7.11 Å². The molecule has 0 atom stereocenters. The van der Waals surface area contributed by atoms with Gasteiger partial charge in [-0.25, -0.2) is 4.68 Å². The van der Waals surface area contributed by atoms with E-state index in [9.17, 15) is 13.2 Å². The lowest BCUT2D eigenvalue weighted by molar-refractivity contribution is -0.144. The number of ether oxygens (including phenoxy) is 1. The molecule has 0 spiro atoms. The molecule has 1 aliphatic heterocycles. The van der Waals surface area contributed by atoms with Crippen LogP contribution in [0.15, 0.2) is 24.3 Å². The fourth-order valence-corrected chi connectivity index (χ4v) is 3.17. The Morgan fingerprint density at radius 3 is 2.42 bits per heavy atom. The molecular weight excluding hydrogens is 321 g/mol. The number of aromatic nitrogens is 3. The summed E-state index contributed by atoms with van der Waals surface area (Å²) in [6.07, 6.45) is -2.87. The van der Waals surface area contributed by atoms with Crippen molar-refractivity contribution in [3.05, 3.63) is 35.7 Å². The molecule has 0 unspecified atom stereocenters. The fourth-order valence-electron chi connectivity index (χ4n) is 3.17. The Kier molecular flexibility index (Phi) is 4.38. The van der Waals surface area contributed by atoms with Gasteiger partial charge in [0.2, 0.25) is 5.95 Å². The van der Waals surface area contributed by atoms with Crippen molar-refractivity contribution < 1.29 is 17.9 Å². The summed E-state index contributed by atoms with van der Waals surface area (Å²) in [6, 6.07) is 7.88. The normalized spacial score (nSPS) is 16.5. The highest BCUT2D eigenvalue weighted by molar-refractivity contribution is 5.38. The second-order valence-electron chi connectivity index (χ2n) is 5.86. The second kappa shape index (κ2) is 6.33. The smallest absolute Gasteiger partial charge is 0.453 e. The summed E-state index contributed by atoms with van der Waals surface area (Å²) in [5.74, 6) is 0.356. The van der Waals surface area contributed by atoms with E-state index in [2.05, 4.69) is 10.1 Å². The van der Waals surface area contributed by atoms with E-state index in [0.29, 0.717) is 19.0 Å². The summed E-state index contributed by atoms with van der Waals surface area (Å²) >= 11 is 0. The lowest BCUT2D eigenvalue weighted by Crippen LogP contribution is -2.34. The van der Waals surface area contributed by atoms with Crippen LogP contribution in [0.3, 0.4) is 0 Å². The van der Waals surface area contributed by atoms with Crippen LogP contribution in [0.4, 0.5) is 19.1 Å². The number of benzene rings is 1. The molecule has 0 aliphatic carbocycles. The van der Waals surface area contributed by atoms with Crippen molar-refractivity contribution in [1.82, 2.24) is 14.8 Å². The third-order valence-corrected chi connectivity index (χ3v) is 4.35. The third kappa shape index (κ3) is 3.18. The molecule has 0 bridgehead atoms. The van der Waals surface area contributed by atoms with Gasteiger partial charge in [0.1, 0.15) is 5.75 Å². The van der Waals surface area contributed by atoms with Crippen molar-refractivity contribution in [2.45, 2.75) is 24.9 Å². The Labute approximate surface area is 138 Å². The van der Waals surface area contributed by atoms with Crippen LogP contribution in [0.5, 0.6) is 5.75 Å². The first-order valence-electron chi connectivity index (χ1n) is 7.76. The molecule has 3 rings (SSSR count). The van der Waals surface area contributed by atoms with Crippen LogP contribution in [-0.2, 0) is 13.2 Å². The molecular formula is C16H19F3N4O. The van der Waals surface area contributed by atoms with Gasteiger partial charge in [0.25, 0.3) is 5.82 Å². The second-order valence-corrected chi connectivity index (χ2v) is 5.86. The lowest BCUT2D eigenvalue weighted by Gasteiger charge is -2.32. The fraction of sp³-hybridized carbons (Fsp3) is 0.500. The highest BCUT2D eigenvalue weighted by atomic mass is 19.4. The maximum atomic E-state index is 12.7. The topological polar surface area (TPSA) is 43.2 Å². The predicted molar refractivity (Wildman–Crippen MR) is 83.2 cm³/mol. The van der Waals surface area contributed by atoms with Gasteiger partial charge in [-0.2, -0.15) is 18.2 Å². The minimum absolute atomic E-state index is 0.265. The summed E-state index contributed by atoms with van der Waals surface area (Å²) in [7, 11) is 3.13. The van der Waals surface area contributed by atoms with E-state index in [1.165, 1.54) is 11.7 Å². The summed E-state index contributed by atoms with van der Waals surface area (Å²) in [4.78, 5) is 5.52. The van der Waals surface area contributed by atoms with E-state index in [1.807, 2.05) is 29.2 Å². The van der Waals surface area contributed by atoms with Crippen LogP contribution < -0.4 is 9.64 Å². The molecule has 1 aromatic carbocycles. The number of halogens is 3. The number of alkyl halides is 3. The lowest BCUT2D eigenvalue weighted by atomic mass is 9.89. The number of aryl methyl sites for hydroxylation is 1. The van der Waals surface area contributed by atoms with Crippen LogP contribution in [0.1, 0.15) is 30.1 Å². The molecule has 0 saturated carbocycles. The van der Waals surface area contributed by atoms with Crippen LogP contribution in [0.25, 0.3) is 0 Å². The zero-order chi connectivity index (χ0) is 17.3. The van der Waals surface area contributed by atoms with Crippen molar-refractivity contribution in [2.75, 3.05) is 25.1 Å². The molecule has 5 nitrogen and oxygen atoms in total. The van der Waals surface area contributed by atoms with E-state index >= 15 is 0 Å². The number of rotatable bonds is 3. The van der Waals surface area contributed by atoms with Crippen LogP contribution in [0.2, 0.25) is 0 Å². The van der Waals surface area contributed by atoms with E-state index in [-0.39, 0.29) is 5.95 Å². The number of hydrogen-bond donors (Lipinski definition) is 0. The van der Waals surface area contributed by atoms with Gasteiger partial charge >= 0.3 is 6.18 Å². The van der Waals surface area contributed by atoms with Gasteiger partial charge in [-0.05, 0) is 30.4 Å². The summed E-state index contributed by atoms with van der Waals surface area (Å²) in [5.41, 5.74) is 1.15. The Bertz CT molecular complexity index is 706. The number of nitrogens with zero attached hydrogens (tertiary/aromatic N) is 4. The van der Waals surface area contributed by atoms with Crippen LogP contribution in [-0.4, -0.2) is 35.0 Å². The Morgan fingerprint density at radius 1 is 1.17 bits per heavy atom. The SMILES string of the molecule is COc1ccccc1C1CCN(c2nc(C(F)(F)F)nn2C)CC1. The van der Waals surface area contributed by atoms with E-state index in [1.54, 1.807) is 7.11 Å². The van der Waals surface area contributed by atoms with Gasteiger partial charge in [-0.1, -0.05) is 18.2 Å². The van der Waals surface area contributed by atoms with Crippen LogP contribution in [0, 0.1) is 0 Å². The van der Waals surface area contributed by atoms with Crippen LogP contribution >= 0.6 is 0 Å². The van der Waals surface area contributed by atoms with Gasteiger partial charge in [-0.15, -0.1) is 5.10 Å². The first kappa shape index (κ1) is 16.6. The van der Waals surface area contributed by atoms with Gasteiger partial charge < -0.3 is 9.64 Å². The quantitative estimate of drug-likeness (QED) is 0.860. The van der Waals surface area contributed by atoms with E-state index in [0.717, 1.165) is 24.2 Å². The molecule has 1 fully saturated rings. The molecule has 2 aromatic rings. The van der Waals surface area contributed by atoms with Crippen molar-refractivity contribution in [2.24, 2.45) is 7.05 Å². The first-order chi connectivity index (χ1) is 11.4. The van der Waals surface area contributed by atoms with Crippen molar-refractivity contribution >= 4 is 5.95 Å². The molecule has 0 N–H and O–H groups in total. The van der Waals surface area contributed by atoms with E-state index in [4.69, 9.17) is 4.74 Å². The summed E-state index contributed by atoms with van der Waals surface area (Å²) < 4.78 is 44.8. The van der Waals surface area contributed by atoms with Gasteiger partial charge in [0, 0.05) is 20.1 Å². The predicted octanol–water partition coefficient (Wildman–Crippen LogP) is 3.23. The van der Waals surface area contributed by atoms with Gasteiger partial charge in [0.15, 0.2) is 0 Å². The maximum absolute atomic E-state index is 12.7. The average Bonchev–Trinajstić information content (AvgIpc) is 2.97. The number of anilines is 1.